The molecule has 0 saturated carbocycles. The average molecular weight is 361 g/mol. The summed E-state index contributed by atoms with van der Waals surface area (Å²) in [5.41, 5.74) is 6.20. The van der Waals surface area contributed by atoms with E-state index in [0.29, 0.717) is 17.3 Å². The Labute approximate surface area is 152 Å². The zero-order valence-corrected chi connectivity index (χ0v) is 14.8. The van der Waals surface area contributed by atoms with Gasteiger partial charge in [-0.25, -0.2) is 0 Å². The summed E-state index contributed by atoms with van der Waals surface area (Å²) in [4.78, 5) is 25.5. The van der Waals surface area contributed by atoms with Crippen LogP contribution in [-0.4, -0.2) is 29.4 Å². The molecule has 0 saturated heterocycles. The number of nitrogens with zero attached hydrogens (tertiary/aromatic N) is 1. The quantitative estimate of drug-likeness (QED) is 0.786. The Kier molecular flexibility index (Phi) is 6.83. The standard InChI is InChI=1S/C19H21ClN2O3/c1-14(25-17-9-5-8-16(20)12-17)19(24)22(11-10-18(21)23)13-15-6-3-2-4-7-15/h2-9,12,14H,10-11,13H2,1H3,(H2,21,23). The van der Waals surface area contributed by atoms with E-state index in [0.717, 1.165) is 5.56 Å². The highest BCUT2D eigenvalue weighted by molar-refractivity contribution is 6.30. The summed E-state index contributed by atoms with van der Waals surface area (Å²) in [5, 5.41) is 0.534. The van der Waals surface area contributed by atoms with Gasteiger partial charge in [-0.3, -0.25) is 9.59 Å². The minimum absolute atomic E-state index is 0.0997. The number of nitrogens with two attached hydrogens (primary N) is 1. The molecule has 0 aliphatic heterocycles. The smallest absolute Gasteiger partial charge is 0.263 e. The van der Waals surface area contributed by atoms with Gasteiger partial charge in [0.1, 0.15) is 5.75 Å². The number of amides is 2. The molecule has 0 spiro atoms. The maximum Gasteiger partial charge on any atom is 0.263 e. The molecule has 6 heteroatoms. The molecule has 0 bridgehead atoms. The SMILES string of the molecule is CC(Oc1cccc(Cl)c1)C(=O)N(CCC(N)=O)Cc1ccccc1. The van der Waals surface area contributed by atoms with E-state index in [2.05, 4.69) is 0 Å². The van der Waals surface area contributed by atoms with Crippen molar-refractivity contribution in [3.63, 3.8) is 0 Å². The molecule has 2 aromatic rings. The molecule has 132 valence electrons. The number of ether oxygens (including phenoxy) is 1. The van der Waals surface area contributed by atoms with E-state index in [4.69, 9.17) is 22.1 Å². The van der Waals surface area contributed by atoms with Crippen LogP contribution in [0.5, 0.6) is 5.75 Å². The second-order valence-corrected chi connectivity index (χ2v) is 6.12. The summed E-state index contributed by atoms with van der Waals surface area (Å²) in [6.45, 7) is 2.30. The molecule has 1 unspecified atom stereocenters. The van der Waals surface area contributed by atoms with Crippen molar-refractivity contribution in [1.82, 2.24) is 4.90 Å². The number of carbonyl (C=O) groups excluding carboxylic acids is 2. The van der Waals surface area contributed by atoms with Crippen LogP contribution in [0.4, 0.5) is 0 Å². The fraction of sp³-hybridized carbons (Fsp3) is 0.263. The Morgan fingerprint density at radius 3 is 2.52 bits per heavy atom. The maximum atomic E-state index is 12.8. The van der Waals surface area contributed by atoms with E-state index in [-0.39, 0.29) is 18.9 Å². The first kappa shape index (κ1) is 18.8. The number of primary amides is 1. The van der Waals surface area contributed by atoms with Gasteiger partial charge in [0, 0.05) is 24.5 Å². The summed E-state index contributed by atoms with van der Waals surface area (Å²) in [5.74, 6) is -0.151. The van der Waals surface area contributed by atoms with Gasteiger partial charge < -0.3 is 15.4 Å². The summed E-state index contributed by atoms with van der Waals surface area (Å²) in [6, 6.07) is 16.4. The third-order valence-corrected chi connectivity index (χ3v) is 3.85. The molecular formula is C19H21ClN2O3. The third kappa shape index (κ3) is 6.12. The van der Waals surface area contributed by atoms with Crippen LogP contribution in [-0.2, 0) is 16.1 Å². The zero-order valence-electron chi connectivity index (χ0n) is 14.0. The van der Waals surface area contributed by atoms with Crippen molar-refractivity contribution in [3.05, 3.63) is 65.2 Å². The van der Waals surface area contributed by atoms with Crippen molar-refractivity contribution in [2.24, 2.45) is 5.73 Å². The lowest BCUT2D eigenvalue weighted by Crippen LogP contribution is -2.41. The normalized spacial score (nSPS) is 11.6. The van der Waals surface area contributed by atoms with Crippen molar-refractivity contribution < 1.29 is 14.3 Å². The minimum atomic E-state index is -0.713. The summed E-state index contributed by atoms with van der Waals surface area (Å²) in [6.07, 6.45) is -0.613. The van der Waals surface area contributed by atoms with Gasteiger partial charge in [0.15, 0.2) is 6.10 Å². The van der Waals surface area contributed by atoms with Gasteiger partial charge >= 0.3 is 0 Å². The van der Waals surface area contributed by atoms with E-state index in [9.17, 15) is 9.59 Å². The Bertz CT molecular complexity index is 722. The largest absolute Gasteiger partial charge is 0.481 e. The molecule has 2 amide bonds. The molecule has 2 aromatic carbocycles. The summed E-state index contributed by atoms with van der Waals surface area (Å²) >= 11 is 5.94. The molecule has 0 aliphatic carbocycles. The molecule has 1 atom stereocenters. The maximum absolute atomic E-state index is 12.8. The molecule has 0 aliphatic rings. The zero-order chi connectivity index (χ0) is 18.2. The van der Waals surface area contributed by atoms with Crippen molar-refractivity contribution in [2.75, 3.05) is 6.54 Å². The predicted octanol–water partition coefficient (Wildman–Crippen LogP) is 3.01. The molecule has 0 radical (unpaired) electrons. The fourth-order valence-corrected chi connectivity index (χ4v) is 2.55. The Hall–Kier alpha value is -2.53. The van der Waals surface area contributed by atoms with Crippen molar-refractivity contribution in [3.8, 4) is 5.75 Å². The van der Waals surface area contributed by atoms with Gasteiger partial charge in [-0.1, -0.05) is 48.0 Å². The molecule has 0 aromatic heterocycles. The first-order chi connectivity index (χ1) is 12.0. The van der Waals surface area contributed by atoms with Gasteiger partial charge in [0.2, 0.25) is 5.91 Å². The Morgan fingerprint density at radius 2 is 1.88 bits per heavy atom. The fourth-order valence-electron chi connectivity index (χ4n) is 2.37. The lowest BCUT2D eigenvalue weighted by molar-refractivity contribution is -0.139. The molecular weight excluding hydrogens is 340 g/mol. The highest BCUT2D eigenvalue weighted by Crippen LogP contribution is 2.19. The number of benzene rings is 2. The van der Waals surface area contributed by atoms with Crippen LogP contribution in [0.25, 0.3) is 0 Å². The molecule has 0 fully saturated rings. The molecule has 2 N–H and O–H groups in total. The topological polar surface area (TPSA) is 72.6 Å². The number of carbonyl (C=O) groups is 2. The van der Waals surface area contributed by atoms with Crippen LogP contribution in [0.1, 0.15) is 18.9 Å². The van der Waals surface area contributed by atoms with E-state index in [1.165, 1.54) is 0 Å². The van der Waals surface area contributed by atoms with Crippen LogP contribution in [0.2, 0.25) is 5.02 Å². The van der Waals surface area contributed by atoms with Gasteiger partial charge in [0.05, 0.1) is 0 Å². The van der Waals surface area contributed by atoms with E-state index in [1.54, 1.807) is 36.1 Å². The van der Waals surface area contributed by atoms with Gasteiger partial charge in [0.25, 0.3) is 5.91 Å². The number of hydrogen-bond acceptors (Lipinski definition) is 3. The molecule has 2 rings (SSSR count). The third-order valence-electron chi connectivity index (χ3n) is 3.61. The van der Waals surface area contributed by atoms with Crippen LogP contribution in [0.15, 0.2) is 54.6 Å². The predicted molar refractivity (Wildman–Crippen MR) is 97.2 cm³/mol. The van der Waals surface area contributed by atoms with Gasteiger partial charge in [-0.05, 0) is 30.7 Å². The summed E-state index contributed by atoms with van der Waals surface area (Å²) in [7, 11) is 0. The van der Waals surface area contributed by atoms with Crippen LogP contribution >= 0.6 is 11.6 Å². The highest BCUT2D eigenvalue weighted by Gasteiger charge is 2.22. The number of hydrogen-bond donors (Lipinski definition) is 1. The first-order valence-corrected chi connectivity index (χ1v) is 8.36. The van der Waals surface area contributed by atoms with E-state index in [1.807, 2.05) is 30.3 Å². The second kappa shape index (κ2) is 9.08. The Morgan fingerprint density at radius 1 is 1.16 bits per heavy atom. The van der Waals surface area contributed by atoms with Gasteiger partial charge in [-0.2, -0.15) is 0 Å². The Balaban J connectivity index is 2.08. The van der Waals surface area contributed by atoms with Crippen LogP contribution in [0, 0.1) is 0 Å². The van der Waals surface area contributed by atoms with E-state index < -0.39 is 12.0 Å². The summed E-state index contributed by atoms with van der Waals surface area (Å²) < 4.78 is 5.69. The monoisotopic (exact) mass is 360 g/mol. The second-order valence-electron chi connectivity index (χ2n) is 5.68. The molecule has 5 nitrogen and oxygen atoms in total. The number of halogens is 1. The van der Waals surface area contributed by atoms with Gasteiger partial charge in [-0.15, -0.1) is 0 Å². The lowest BCUT2D eigenvalue weighted by atomic mass is 10.2. The van der Waals surface area contributed by atoms with Crippen molar-refractivity contribution in [1.29, 1.82) is 0 Å². The lowest BCUT2D eigenvalue weighted by Gasteiger charge is -2.26. The van der Waals surface area contributed by atoms with Crippen LogP contribution < -0.4 is 10.5 Å². The molecule has 0 heterocycles. The van der Waals surface area contributed by atoms with Crippen molar-refractivity contribution in [2.45, 2.75) is 26.0 Å². The average Bonchev–Trinajstić information content (AvgIpc) is 2.58. The highest BCUT2D eigenvalue weighted by atomic mass is 35.5. The van der Waals surface area contributed by atoms with Crippen molar-refractivity contribution >= 4 is 23.4 Å². The molecule has 25 heavy (non-hydrogen) atoms. The number of rotatable bonds is 8. The van der Waals surface area contributed by atoms with Crippen LogP contribution in [0.3, 0.4) is 0 Å². The van der Waals surface area contributed by atoms with E-state index >= 15 is 0 Å². The first-order valence-electron chi connectivity index (χ1n) is 7.99. The minimum Gasteiger partial charge on any atom is -0.481 e.